The van der Waals surface area contributed by atoms with Crippen molar-refractivity contribution in [2.24, 2.45) is 5.92 Å². The van der Waals surface area contributed by atoms with Gasteiger partial charge in [-0.25, -0.2) is 9.97 Å². The van der Waals surface area contributed by atoms with Crippen LogP contribution < -0.4 is 5.32 Å². The van der Waals surface area contributed by atoms with E-state index in [1.165, 1.54) is 6.07 Å². The first kappa shape index (κ1) is 18.8. The summed E-state index contributed by atoms with van der Waals surface area (Å²) >= 11 is 5.99. The molecule has 3 heterocycles. The van der Waals surface area contributed by atoms with E-state index in [0.717, 1.165) is 31.2 Å². The van der Waals surface area contributed by atoms with Gasteiger partial charge in [-0.05, 0) is 30.9 Å². The number of halogens is 5. The Morgan fingerprint density at radius 3 is 2.65 bits per heavy atom. The fourth-order valence-electron chi connectivity index (χ4n) is 2.77. The van der Waals surface area contributed by atoms with E-state index in [1.807, 2.05) is 0 Å². The normalized spacial score (nSPS) is 15.9. The third-order valence-electron chi connectivity index (χ3n) is 4.20. The van der Waals surface area contributed by atoms with E-state index in [1.54, 1.807) is 0 Å². The van der Waals surface area contributed by atoms with Gasteiger partial charge in [-0.1, -0.05) is 11.6 Å². The molecule has 1 N–H and O–H groups in total. The molecule has 1 aliphatic heterocycles. The smallest absolute Gasteiger partial charge is 0.381 e. The van der Waals surface area contributed by atoms with Gasteiger partial charge < -0.3 is 10.1 Å². The SMILES string of the molecule is Fc1cc(-c2ccc(C(F)(F)F)c(NCC3CCOCC3)n2)c(Cl)cn1. The van der Waals surface area contributed by atoms with Gasteiger partial charge in [0, 0.05) is 37.6 Å². The van der Waals surface area contributed by atoms with Crippen LogP contribution >= 0.6 is 11.6 Å². The van der Waals surface area contributed by atoms with Crippen molar-refractivity contribution in [2.45, 2.75) is 19.0 Å². The first-order valence-electron chi connectivity index (χ1n) is 8.06. The molecule has 4 nitrogen and oxygen atoms in total. The van der Waals surface area contributed by atoms with E-state index in [-0.39, 0.29) is 28.0 Å². The Morgan fingerprint density at radius 1 is 1.23 bits per heavy atom. The molecule has 3 rings (SSSR count). The van der Waals surface area contributed by atoms with Crippen molar-refractivity contribution in [3.8, 4) is 11.3 Å². The second-order valence-corrected chi connectivity index (χ2v) is 6.42. The van der Waals surface area contributed by atoms with Crippen LogP contribution in [-0.4, -0.2) is 29.7 Å². The Morgan fingerprint density at radius 2 is 1.96 bits per heavy atom. The van der Waals surface area contributed by atoms with Crippen LogP contribution in [0, 0.1) is 11.9 Å². The number of nitrogens with one attached hydrogen (secondary N) is 1. The van der Waals surface area contributed by atoms with E-state index < -0.39 is 17.7 Å². The minimum atomic E-state index is -4.56. The first-order chi connectivity index (χ1) is 12.3. The maximum atomic E-state index is 13.4. The molecule has 1 fully saturated rings. The lowest BCUT2D eigenvalue weighted by molar-refractivity contribution is -0.137. The van der Waals surface area contributed by atoms with Crippen molar-refractivity contribution in [3.63, 3.8) is 0 Å². The summed E-state index contributed by atoms with van der Waals surface area (Å²) in [5.74, 6) is -0.880. The number of hydrogen-bond acceptors (Lipinski definition) is 4. The number of nitrogens with zero attached hydrogens (tertiary/aromatic N) is 2. The summed E-state index contributed by atoms with van der Waals surface area (Å²) in [6, 6.07) is 3.13. The Bertz CT molecular complexity index is 779. The zero-order chi connectivity index (χ0) is 18.7. The molecule has 0 atom stereocenters. The summed E-state index contributed by atoms with van der Waals surface area (Å²) in [6.45, 7) is 1.54. The largest absolute Gasteiger partial charge is 0.419 e. The molecule has 0 aromatic carbocycles. The van der Waals surface area contributed by atoms with Crippen molar-refractivity contribution < 1.29 is 22.3 Å². The number of rotatable bonds is 4. The summed E-state index contributed by atoms with van der Waals surface area (Å²) < 4.78 is 58.5. The van der Waals surface area contributed by atoms with Gasteiger partial charge in [-0.3, -0.25) is 0 Å². The highest BCUT2D eigenvalue weighted by Crippen LogP contribution is 2.36. The monoisotopic (exact) mass is 389 g/mol. The zero-order valence-electron chi connectivity index (χ0n) is 13.6. The number of aromatic nitrogens is 2. The van der Waals surface area contributed by atoms with Crippen molar-refractivity contribution in [2.75, 3.05) is 25.1 Å². The van der Waals surface area contributed by atoms with Crippen molar-refractivity contribution >= 4 is 17.4 Å². The first-order valence-corrected chi connectivity index (χ1v) is 8.43. The van der Waals surface area contributed by atoms with Crippen molar-refractivity contribution in [1.82, 2.24) is 9.97 Å². The van der Waals surface area contributed by atoms with Crippen LogP contribution in [0.4, 0.5) is 23.4 Å². The highest BCUT2D eigenvalue weighted by Gasteiger charge is 2.35. The second kappa shape index (κ2) is 7.75. The third-order valence-corrected chi connectivity index (χ3v) is 4.50. The highest BCUT2D eigenvalue weighted by molar-refractivity contribution is 6.33. The Labute approximate surface area is 152 Å². The average Bonchev–Trinajstić information content (AvgIpc) is 2.62. The summed E-state index contributed by atoms with van der Waals surface area (Å²) in [5.41, 5.74) is -0.556. The van der Waals surface area contributed by atoms with Crippen LogP contribution in [0.5, 0.6) is 0 Å². The van der Waals surface area contributed by atoms with Gasteiger partial charge >= 0.3 is 6.18 Å². The molecular formula is C17H16ClF4N3O. The molecule has 0 saturated carbocycles. The molecule has 26 heavy (non-hydrogen) atoms. The summed E-state index contributed by atoms with van der Waals surface area (Å²) in [7, 11) is 0. The predicted octanol–water partition coefficient (Wildman–Crippen LogP) is 4.79. The van der Waals surface area contributed by atoms with Gasteiger partial charge in [0.2, 0.25) is 5.95 Å². The molecular weight excluding hydrogens is 374 g/mol. The van der Waals surface area contributed by atoms with Crippen molar-refractivity contribution in [3.05, 3.63) is 40.9 Å². The summed E-state index contributed by atoms with van der Waals surface area (Å²) in [5, 5.41) is 2.90. The van der Waals surface area contributed by atoms with Crippen LogP contribution in [0.25, 0.3) is 11.3 Å². The lowest BCUT2D eigenvalue weighted by Crippen LogP contribution is -2.24. The van der Waals surface area contributed by atoms with Crippen LogP contribution in [0.2, 0.25) is 5.02 Å². The molecule has 140 valence electrons. The molecule has 0 bridgehead atoms. The van der Waals surface area contributed by atoms with E-state index in [9.17, 15) is 17.6 Å². The number of pyridine rings is 2. The molecule has 0 radical (unpaired) electrons. The highest BCUT2D eigenvalue weighted by atomic mass is 35.5. The quantitative estimate of drug-likeness (QED) is 0.603. The number of anilines is 1. The van der Waals surface area contributed by atoms with Crippen LogP contribution in [0.1, 0.15) is 18.4 Å². The van der Waals surface area contributed by atoms with Gasteiger partial charge in [0.25, 0.3) is 0 Å². The van der Waals surface area contributed by atoms with Gasteiger partial charge in [0.15, 0.2) is 0 Å². The van der Waals surface area contributed by atoms with Crippen LogP contribution in [-0.2, 0) is 10.9 Å². The van der Waals surface area contributed by atoms with E-state index >= 15 is 0 Å². The van der Waals surface area contributed by atoms with E-state index in [2.05, 4.69) is 15.3 Å². The molecule has 1 aliphatic rings. The number of ether oxygens (including phenoxy) is 1. The van der Waals surface area contributed by atoms with E-state index in [4.69, 9.17) is 16.3 Å². The molecule has 9 heteroatoms. The van der Waals surface area contributed by atoms with E-state index in [0.29, 0.717) is 19.8 Å². The molecule has 0 aliphatic carbocycles. The minimum absolute atomic E-state index is 0.106. The van der Waals surface area contributed by atoms with Gasteiger partial charge in [0.05, 0.1) is 16.3 Å². The molecule has 0 unspecified atom stereocenters. The molecule has 0 spiro atoms. The molecule has 2 aromatic rings. The van der Waals surface area contributed by atoms with Gasteiger partial charge in [-0.2, -0.15) is 17.6 Å². The van der Waals surface area contributed by atoms with Crippen LogP contribution in [0.3, 0.4) is 0 Å². The summed E-state index contributed by atoms with van der Waals surface area (Å²) in [6.07, 6.45) is -1.91. The topological polar surface area (TPSA) is 47.0 Å². The zero-order valence-corrected chi connectivity index (χ0v) is 14.4. The maximum absolute atomic E-state index is 13.4. The Hall–Kier alpha value is -1.93. The minimum Gasteiger partial charge on any atom is -0.381 e. The second-order valence-electron chi connectivity index (χ2n) is 6.01. The average molecular weight is 390 g/mol. The molecule has 2 aromatic heterocycles. The Balaban J connectivity index is 1.92. The molecule has 0 amide bonds. The summed E-state index contributed by atoms with van der Waals surface area (Å²) in [4.78, 5) is 7.46. The Kier molecular flexibility index (Phi) is 5.62. The van der Waals surface area contributed by atoms with Crippen molar-refractivity contribution in [1.29, 1.82) is 0 Å². The van der Waals surface area contributed by atoms with Crippen LogP contribution in [0.15, 0.2) is 24.4 Å². The fraction of sp³-hybridized carbons (Fsp3) is 0.412. The third kappa shape index (κ3) is 4.42. The number of alkyl halides is 3. The molecule has 1 saturated heterocycles. The lowest BCUT2D eigenvalue weighted by Gasteiger charge is -2.23. The maximum Gasteiger partial charge on any atom is 0.419 e. The van der Waals surface area contributed by atoms with Gasteiger partial charge in [0.1, 0.15) is 5.82 Å². The number of hydrogen-bond donors (Lipinski definition) is 1. The lowest BCUT2D eigenvalue weighted by atomic mass is 10.0. The standard InChI is InChI=1S/C17H16ClF4N3O/c18-13-9-23-15(19)7-11(13)14-2-1-12(17(20,21)22)16(25-14)24-8-10-3-5-26-6-4-10/h1-2,7,9-10H,3-6,8H2,(H,24,25). The fourth-order valence-corrected chi connectivity index (χ4v) is 2.97. The van der Waals surface area contributed by atoms with Gasteiger partial charge in [-0.15, -0.1) is 0 Å². The predicted molar refractivity (Wildman–Crippen MR) is 89.5 cm³/mol.